The molecule has 4 atom stereocenters. The molecule has 2 N–H and O–H groups in total. The maximum absolute atomic E-state index is 13.5. The van der Waals surface area contributed by atoms with E-state index in [0.717, 1.165) is 11.1 Å². The number of amides is 3. The van der Waals surface area contributed by atoms with Gasteiger partial charge in [0, 0.05) is 23.2 Å². The van der Waals surface area contributed by atoms with E-state index in [0.29, 0.717) is 29.2 Å². The first kappa shape index (κ1) is 19.3. The molecule has 7 heteroatoms. The highest BCUT2D eigenvalue weighted by molar-refractivity contribution is 6.32. The van der Waals surface area contributed by atoms with Gasteiger partial charge in [-0.25, -0.2) is 0 Å². The lowest BCUT2D eigenvalue weighted by Crippen LogP contribution is -2.53. The molecule has 5 rings (SSSR count). The number of hydrogen-bond acceptors (Lipinski definition) is 4. The van der Waals surface area contributed by atoms with Crippen LogP contribution in [-0.4, -0.2) is 35.2 Å². The Morgan fingerprint density at radius 2 is 1.80 bits per heavy atom. The molecule has 6 nitrogen and oxygen atoms in total. The van der Waals surface area contributed by atoms with Gasteiger partial charge in [0.05, 0.1) is 17.5 Å². The first-order valence-corrected chi connectivity index (χ1v) is 10.5. The van der Waals surface area contributed by atoms with Gasteiger partial charge >= 0.3 is 0 Å². The number of nitrogens with one attached hydrogen (secondary N) is 2. The summed E-state index contributed by atoms with van der Waals surface area (Å²) in [5.74, 6) is -2.12. The van der Waals surface area contributed by atoms with Crippen molar-refractivity contribution in [2.45, 2.75) is 31.8 Å². The molecular formula is C23H22ClN3O3. The van der Waals surface area contributed by atoms with Gasteiger partial charge in [-0.1, -0.05) is 48.0 Å². The Balaban J connectivity index is 1.53. The Morgan fingerprint density at radius 1 is 1.07 bits per heavy atom. The predicted octanol–water partition coefficient (Wildman–Crippen LogP) is 2.63. The van der Waals surface area contributed by atoms with Crippen molar-refractivity contribution in [2.24, 2.45) is 11.8 Å². The van der Waals surface area contributed by atoms with E-state index < -0.39 is 17.4 Å². The van der Waals surface area contributed by atoms with Gasteiger partial charge in [0.15, 0.2) is 0 Å². The summed E-state index contributed by atoms with van der Waals surface area (Å²) in [5, 5.41) is 6.78. The quantitative estimate of drug-likeness (QED) is 0.744. The van der Waals surface area contributed by atoms with Gasteiger partial charge in [-0.15, -0.1) is 0 Å². The van der Waals surface area contributed by atoms with Crippen LogP contribution < -0.4 is 10.6 Å². The molecule has 0 bridgehead atoms. The Hall–Kier alpha value is -2.70. The van der Waals surface area contributed by atoms with Gasteiger partial charge in [-0.3, -0.25) is 24.6 Å². The minimum absolute atomic E-state index is 0.204. The fraction of sp³-hybridized carbons (Fsp3) is 0.348. The van der Waals surface area contributed by atoms with E-state index >= 15 is 0 Å². The van der Waals surface area contributed by atoms with Crippen LogP contribution in [0.2, 0.25) is 5.02 Å². The normalized spacial score (nSPS) is 29.5. The number of benzene rings is 2. The highest BCUT2D eigenvalue weighted by Gasteiger charge is 2.69. The molecule has 3 heterocycles. The zero-order valence-electron chi connectivity index (χ0n) is 16.7. The molecule has 1 spiro atoms. The largest absolute Gasteiger partial charge is 0.324 e. The van der Waals surface area contributed by atoms with Crippen molar-refractivity contribution in [2.75, 3.05) is 11.9 Å². The Kier molecular flexibility index (Phi) is 4.27. The molecule has 0 aliphatic carbocycles. The van der Waals surface area contributed by atoms with E-state index in [4.69, 9.17) is 11.6 Å². The lowest BCUT2D eigenvalue weighted by Gasteiger charge is -2.29. The molecule has 0 aromatic heterocycles. The molecule has 2 aromatic carbocycles. The SMILES string of the molecule is Cc1c(Cl)ccc2c1NC(=O)C21NC(C)C2C(=O)N(CCc3ccccc3)C(=O)C21. The van der Waals surface area contributed by atoms with Crippen LogP contribution in [-0.2, 0) is 26.3 Å². The topological polar surface area (TPSA) is 78.5 Å². The third-order valence-corrected chi connectivity index (χ3v) is 7.20. The van der Waals surface area contributed by atoms with E-state index in [2.05, 4.69) is 10.6 Å². The van der Waals surface area contributed by atoms with Crippen LogP contribution in [0.3, 0.4) is 0 Å². The maximum Gasteiger partial charge on any atom is 0.250 e. The molecule has 0 saturated carbocycles. The van der Waals surface area contributed by atoms with Crippen LogP contribution in [0, 0.1) is 18.8 Å². The van der Waals surface area contributed by atoms with Gasteiger partial charge < -0.3 is 5.32 Å². The molecule has 2 fully saturated rings. The van der Waals surface area contributed by atoms with E-state index in [1.54, 1.807) is 12.1 Å². The first-order valence-electron chi connectivity index (χ1n) is 10.1. The van der Waals surface area contributed by atoms with Crippen LogP contribution in [0.25, 0.3) is 0 Å². The van der Waals surface area contributed by atoms with Gasteiger partial charge in [-0.2, -0.15) is 0 Å². The minimum Gasteiger partial charge on any atom is -0.324 e. The second kappa shape index (κ2) is 6.65. The maximum atomic E-state index is 13.5. The molecule has 2 saturated heterocycles. The zero-order chi connectivity index (χ0) is 21.2. The molecule has 154 valence electrons. The summed E-state index contributed by atoms with van der Waals surface area (Å²) in [5.41, 5.74) is 1.90. The van der Waals surface area contributed by atoms with Crippen molar-refractivity contribution in [3.63, 3.8) is 0 Å². The van der Waals surface area contributed by atoms with Gasteiger partial charge in [0.25, 0.3) is 0 Å². The van der Waals surface area contributed by atoms with Crippen LogP contribution in [0.15, 0.2) is 42.5 Å². The summed E-state index contributed by atoms with van der Waals surface area (Å²) in [6, 6.07) is 13.0. The number of fused-ring (bicyclic) bond motifs is 4. The number of nitrogens with zero attached hydrogens (tertiary/aromatic N) is 1. The minimum atomic E-state index is -1.25. The number of imide groups is 1. The predicted molar refractivity (Wildman–Crippen MR) is 113 cm³/mol. The number of carbonyl (C=O) groups is 3. The van der Waals surface area contributed by atoms with Gasteiger partial charge in [0.2, 0.25) is 17.7 Å². The second-order valence-corrected chi connectivity index (χ2v) is 8.76. The van der Waals surface area contributed by atoms with Crippen LogP contribution in [0.4, 0.5) is 5.69 Å². The number of anilines is 1. The van der Waals surface area contributed by atoms with E-state index in [9.17, 15) is 14.4 Å². The highest BCUT2D eigenvalue weighted by Crippen LogP contribution is 2.53. The zero-order valence-corrected chi connectivity index (χ0v) is 17.5. The van der Waals surface area contributed by atoms with Crippen LogP contribution in [0.5, 0.6) is 0 Å². The summed E-state index contributed by atoms with van der Waals surface area (Å²) in [6.45, 7) is 4.02. The standard InChI is InChI=1S/C23H22ClN3O3/c1-12-16(24)9-8-15-19(12)25-22(30)23(15)18-17(13(2)26-23)20(28)27(21(18)29)11-10-14-6-4-3-5-7-14/h3-9,13,17-18,26H,10-11H2,1-2H3,(H,25,30). The van der Waals surface area contributed by atoms with Crippen molar-refractivity contribution < 1.29 is 14.4 Å². The van der Waals surface area contributed by atoms with E-state index in [-0.39, 0.29) is 23.8 Å². The Bertz CT molecular complexity index is 1090. The number of likely N-dealkylation sites (tertiary alicyclic amines) is 1. The average molecular weight is 424 g/mol. The molecule has 2 aromatic rings. The monoisotopic (exact) mass is 423 g/mol. The number of halogens is 1. The molecule has 4 unspecified atom stereocenters. The summed E-state index contributed by atoms with van der Waals surface area (Å²) < 4.78 is 0. The highest BCUT2D eigenvalue weighted by atomic mass is 35.5. The summed E-state index contributed by atoms with van der Waals surface area (Å²) >= 11 is 6.25. The van der Waals surface area contributed by atoms with Crippen LogP contribution >= 0.6 is 11.6 Å². The smallest absolute Gasteiger partial charge is 0.250 e. The lowest BCUT2D eigenvalue weighted by molar-refractivity contribution is -0.142. The van der Waals surface area contributed by atoms with Crippen molar-refractivity contribution in [3.8, 4) is 0 Å². The Morgan fingerprint density at radius 3 is 2.53 bits per heavy atom. The van der Waals surface area contributed by atoms with Crippen LogP contribution in [0.1, 0.15) is 23.6 Å². The fourth-order valence-corrected chi connectivity index (χ4v) is 5.47. The second-order valence-electron chi connectivity index (χ2n) is 8.36. The molecule has 3 aliphatic rings. The molecule has 30 heavy (non-hydrogen) atoms. The lowest BCUT2D eigenvalue weighted by atomic mass is 9.76. The number of rotatable bonds is 3. The third kappa shape index (κ3) is 2.44. The first-order chi connectivity index (χ1) is 14.4. The molecule has 0 radical (unpaired) electrons. The number of hydrogen-bond donors (Lipinski definition) is 2. The van der Waals surface area contributed by atoms with Gasteiger partial charge in [0.1, 0.15) is 5.54 Å². The summed E-state index contributed by atoms with van der Waals surface area (Å²) in [7, 11) is 0. The van der Waals surface area contributed by atoms with Crippen molar-refractivity contribution >= 4 is 35.0 Å². The summed E-state index contributed by atoms with van der Waals surface area (Å²) in [6.07, 6.45) is 0.587. The molecule has 3 amide bonds. The number of carbonyl (C=O) groups excluding carboxylic acids is 3. The summed E-state index contributed by atoms with van der Waals surface area (Å²) in [4.78, 5) is 41.3. The van der Waals surface area contributed by atoms with E-state index in [1.165, 1.54) is 4.90 Å². The van der Waals surface area contributed by atoms with Gasteiger partial charge in [-0.05, 0) is 37.5 Å². The van der Waals surface area contributed by atoms with Crippen molar-refractivity contribution in [1.29, 1.82) is 0 Å². The average Bonchev–Trinajstić information content (AvgIpc) is 3.29. The third-order valence-electron chi connectivity index (χ3n) is 6.79. The fourth-order valence-electron chi connectivity index (χ4n) is 5.32. The Labute approximate surface area is 179 Å². The molecule has 3 aliphatic heterocycles. The van der Waals surface area contributed by atoms with Crippen molar-refractivity contribution in [3.05, 3.63) is 64.2 Å². The molecular weight excluding hydrogens is 402 g/mol. The van der Waals surface area contributed by atoms with Crippen molar-refractivity contribution in [1.82, 2.24) is 10.2 Å². The van der Waals surface area contributed by atoms with E-state index in [1.807, 2.05) is 44.2 Å².